The number of anilines is 1. The fourth-order valence-corrected chi connectivity index (χ4v) is 2.58. The first-order chi connectivity index (χ1) is 12.9. The van der Waals surface area contributed by atoms with Crippen molar-refractivity contribution in [1.29, 1.82) is 0 Å². The topological polar surface area (TPSA) is 90.5 Å². The number of ether oxygens (including phenoxy) is 1. The number of benzene rings is 2. The molecular formula is C18H14ClFN2O5. The largest absolute Gasteiger partial charge is 0.456 e. The van der Waals surface area contributed by atoms with E-state index in [0.717, 1.165) is 6.07 Å². The van der Waals surface area contributed by atoms with Crippen LogP contribution in [0.5, 0.6) is 0 Å². The highest BCUT2D eigenvalue weighted by Gasteiger charge is 2.13. The number of halogens is 2. The van der Waals surface area contributed by atoms with Gasteiger partial charge < -0.3 is 14.5 Å². The number of carbonyl (C=O) groups is 2. The average molecular weight is 393 g/mol. The van der Waals surface area contributed by atoms with E-state index >= 15 is 0 Å². The van der Waals surface area contributed by atoms with Crippen LogP contribution in [0.3, 0.4) is 0 Å². The zero-order valence-electron chi connectivity index (χ0n) is 13.9. The minimum Gasteiger partial charge on any atom is -0.456 e. The van der Waals surface area contributed by atoms with Crippen molar-refractivity contribution in [2.24, 2.45) is 0 Å². The molecule has 9 heteroatoms. The van der Waals surface area contributed by atoms with Gasteiger partial charge in [-0.3, -0.25) is 14.2 Å². The SMILES string of the molecule is O=C(COC(=O)CCn1c(=O)oc2ccccc21)Nc1ccc(Cl)cc1F. The number of amides is 1. The summed E-state index contributed by atoms with van der Waals surface area (Å²) in [5.74, 6) is -2.66. The van der Waals surface area contributed by atoms with Crippen LogP contribution in [0.1, 0.15) is 6.42 Å². The summed E-state index contributed by atoms with van der Waals surface area (Å²) in [4.78, 5) is 35.4. The van der Waals surface area contributed by atoms with Crippen LogP contribution in [0.4, 0.5) is 10.1 Å². The summed E-state index contributed by atoms with van der Waals surface area (Å²) >= 11 is 5.63. The molecule has 1 amide bonds. The van der Waals surface area contributed by atoms with Gasteiger partial charge in [-0.2, -0.15) is 0 Å². The van der Waals surface area contributed by atoms with Gasteiger partial charge in [-0.1, -0.05) is 23.7 Å². The summed E-state index contributed by atoms with van der Waals surface area (Å²) in [5.41, 5.74) is 0.906. The van der Waals surface area contributed by atoms with E-state index in [4.69, 9.17) is 20.8 Å². The molecule has 0 unspecified atom stereocenters. The normalized spacial score (nSPS) is 10.7. The first-order valence-electron chi connectivity index (χ1n) is 7.93. The van der Waals surface area contributed by atoms with Gasteiger partial charge in [-0.25, -0.2) is 9.18 Å². The molecule has 0 saturated carbocycles. The number of aromatic nitrogens is 1. The molecule has 1 aromatic heterocycles. The van der Waals surface area contributed by atoms with E-state index in [0.29, 0.717) is 11.1 Å². The van der Waals surface area contributed by atoms with Crippen LogP contribution < -0.4 is 11.1 Å². The number of oxazole rings is 1. The Morgan fingerprint density at radius 3 is 2.78 bits per heavy atom. The highest BCUT2D eigenvalue weighted by molar-refractivity contribution is 6.30. The second kappa shape index (κ2) is 8.05. The van der Waals surface area contributed by atoms with Crippen molar-refractivity contribution in [3.8, 4) is 0 Å². The molecule has 1 N–H and O–H groups in total. The molecule has 1 heterocycles. The minimum atomic E-state index is -0.701. The van der Waals surface area contributed by atoms with E-state index < -0.39 is 30.1 Å². The molecule has 140 valence electrons. The lowest BCUT2D eigenvalue weighted by Crippen LogP contribution is -2.23. The standard InChI is InChI=1S/C18H14ClFN2O5/c19-11-5-6-13(12(20)9-11)21-16(23)10-26-17(24)7-8-22-14-3-1-2-4-15(14)27-18(22)25/h1-6,9H,7-8,10H2,(H,21,23). The Bertz CT molecular complexity index is 1060. The van der Waals surface area contributed by atoms with Gasteiger partial charge in [0.2, 0.25) is 0 Å². The molecule has 7 nitrogen and oxygen atoms in total. The van der Waals surface area contributed by atoms with Gasteiger partial charge in [0.1, 0.15) is 5.82 Å². The molecule has 3 rings (SSSR count). The van der Waals surface area contributed by atoms with E-state index in [1.54, 1.807) is 24.3 Å². The molecule has 2 aromatic carbocycles. The summed E-state index contributed by atoms with van der Waals surface area (Å²) in [6, 6.07) is 10.6. The molecule has 27 heavy (non-hydrogen) atoms. The van der Waals surface area contributed by atoms with Crippen molar-refractivity contribution in [3.63, 3.8) is 0 Å². The average Bonchev–Trinajstić information content (AvgIpc) is 2.95. The molecule has 0 aliphatic carbocycles. The van der Waals surface area contributed by atoms with Gasteiger partial charge in [0, 0.05) is 11.6 Å². The first kappa shape index (κ1) is 18.7. The lowest BCUT2D eigenvalue weighted by atomic mass is 10.3. The van der Waals surface area contributed by atoms with E-state index in [9.17, 15) is 18.8 Å². The number of hydrogen-bond acceptors (Lipinski definition) is 5. The number of para-hydroxylation sites is 2. The molecule has 0 radical (unpaired) electrons. The maximum atomic E-state index is 13.6. The lowest BCUT2D eigenvalue weighted by molar-refractivity contribution is -0.147. The van der Waals surface area contributed by atoms with Gasteiger partial charge in [0.05, 0.1) is 17.6 Å². The fraction of sp³-hybridized carbons (Fsp3) is 0.167. The van der Waals surface area contributed by atoms with Gasteiger partial charge in [-0.15, -0.1) is 0 Å². The number of fused-ring (bicyclic) bond motifs is 1. The van der Waals surface area contributed by atoms with Crippen molar-refractivity contribution < 1.29 is 23.1 Å². The molecule has 0 bridgehead atoms. The van der Waals surface area contributed by atoms with Crippen molar-refractivity contribution in [2.45, 2.75) is 13.0 Å². The number of aryl methyl sites for hydroxylation is 1. The number of carbonyl (C=O) groups excluding carboxylic acids is 2. The van der Waals surface area contributed by atoms with Crippen molar-refractivity contribution in [3.05, 3.63) is 63.9 Å². The summed E-state index contributed by atoms with van der Waals surface area (Å²) in [7, 11) is 0. The maximum Gasteiger partial charge on any atom is 0.419 e. The van der Waals surface area contributed by atoms with E-state index in [1.165, 1.54) is 16.7 Å². The highest BCUT2D eigenvalue weighted by atomic mass is 35.5. The first-order valence-corrected chi connectivity index (χ1v) is 8.31. The molecule has 0 fully saturated rings. The number of esters is 1. The quantitative estimate of drug-likeness (QED) is 0.651. The van der Waals surface area contributed by atoms with Gasteiger partial charge in [0.15, 0.2) is 12.2 Å². The number of nitrogens with zero attached hydrogens (tertiary/aromatic N) is 1. The predicted octanol–water partition coefficient (Wildman–Crippen LogP) is 2.96. The zero-order valence-corrected chi connectivity index (χ0v) is 14.7. The van der Waals surface area contributed by atoms with Crippen LogP contribution in [0, 0.1) is 5.82 Å². The number of rotatable bonds is 6. The molecular weight excluding hydrogens is 379 g/mol. The third-order valence-electron chi connectivity index (χ3n) is 3.68. The van der Waals surface area contributed by atoms with Gasteiger partial charge >= 0.3 is 11.7 Å². The van der Waals surface area contributed by atoms with Gasteiger partial charge in [0.25, 0.3) is 5.91 Å². The summed E-state index contributed by atoms with van der Waals surface area (Å²) in [5, 5.41) is 2.47. The van der Waals surface area contributed by atoms with Crippen molar-refractivity contribution in [1.82, 2.24) is 4.57 Å². The third-order valence-corrected chi connectivity index (χ3v) is 3.92. The molecule has 3 aromatic rings. The molecule has 0 spiro atoms. The molecule has 0 saturated heterocycles. The number of hydrogen-bond donors (Lipinski definition) is 1. The molecule has 0 aliphatic rings. The summed E-state index contributed by atoms with van der Waals surface area (Å²) in [6.45, 7) is -0.538. The van der Waals surface area contributed by atoms with Crippen LogP contribution in [0.15, 0.2) is 51.7 Å². The maximum absolute atomic E-state index is 13.6. The molecule has 0 aliphatic heterocycles. The van der Waals surface area contributed by atoms with Crippen LogP contribution >= 0.6 is 11.6 Å². The van der Waals surface area contributed by atoms with Crippen molar-refractivity contribution in [2.75, 3.05) is 11.9 Å². The van der Waals surface area contributed by atoms with Crippen molar-refractivity contribution >= 4 is 40.3 Å². The van der Waals surface area contributed by atoms with Crippen LogP contribution in [0.25, 0.3) is 11.1 Å². The van der Waals surface area contributed by atoms with Crippen LogP contribution in [-0.4, -0.2) is 23.1 Å². The Morgan fingerprint density at radius 2 is 2.00 bits per heavy atom. The Hall–Kier alpha value is -3.13. The number of nitrogens with one attached hydrogen (secondary N) is 1. The second-order valence-corrected chi connectivity index (χ2v) is 6.01. The van der Waals surface area contributed by atoms with Crippen LogP contribution in [-0.2, 0) is 20.9 Å². The highest BCUT2D eigenvalue weighted by Crippen LogP contribution is 2.18. The minimum absolute atomic E-state index is 0.0438. The third kappa shape index (κ3) is 4.53. The molecule has 0 atom stereocenters. The van der Waals surface area contributed by atoms with Crippen LogP contribution in [0.2, 0.25) is 5.02 Å². The smallest absolute Gasteiger partial charge is 0.419 e. The summed E-state index contributed by atoms with van der Waals surface area (Å²) in [6.07, 6.45) is -0.133. The van der Waals surface area contributed by atoms with E-state index in [1.807, 2.05) is 0 Å². The fourth-order valence-electron chi connectivity index (χ4n) is 2.42. The summed E-state index contributed by atoms with van der Waals surface area (Å²) < 4.78 is 24.8. The zero-order chi connectivity index (χ0) is 19.4. The lowest BCUT2D eigenvalue weighted by Gasteiger charge is -2.08. The van der Waals surface area contributed by atoms with Gasteiger partial charge in [-0.05, 0) is 30.3 Å². The van der Waals surface area contributed by atoms with E-state index in [-0.39, 0.29) is 23.7 Å². The predicted molar refractivity (Wildman–Crippen MR) is 96.1 cm³/mol. The Morgan fingerprint density at radius 1 is 1.22 bits per heavy atom. The van der Waals surface area contributed by atoms with E-state index in [2.05, 4.69) is 5.32 Å². The monoisotopic (exact) mass is 392 g/mol. The Labute approximate surface area is 157 Å². The Kier molecular flexibility index (Phi) is 5.56. The second-order valence-electron chi connectivity index (χ2n) is 5.57. The Balaban J connectivity index is 1.51.